The Morgan fingerprint density at radius 2 is 1.69 bits per heavy atom. The molecular weight excluding hydrogens is 326 g/mol. The van der Waals surface area contributed by atoms with Crippen LogP contribution in [0.4, 0.5) is 0 Å². The number of nitrogens with zero attached hydrogens (tertiary/aromatic N) is 3. The van der Waals surface area contributed by atoms with Gasteiger partial charge in [-0.1, -0.05) is 36.4 Å². The molecule has 0 radical (unpaired) electrons. The van der Waals surface area contributed by atoms with Crippen LogP contribution in [-0.2, 0) is 0 Å². The number of aliphatic hydroxyl groups excluding tert-OH is 1. The second kappa shape index (κ2) is 8.13. The highest BCUT2D eigenvalue weighted by Crippen LogP contribution is 2.28. The first-order valence-electron chi connectivity index (χ1n) is 8.88. The molecule has 2 aromatic rings. The molecule has 2 aromatic carbocycles. The summed E-state index contributed by atoms with van der Waals surface area (Å²) in [6.45, 7) is 5.20. The van der Waals surface area contributed by atoms with Gasteiger partial charge in [-0.3, -0.25) is 9.69 Å². The van der Waals surface area contributed by atoms with E-state index in [0.717, 1.165) is 24.2 Å². The molecule has 1 heterocycles. The van der Waals surface area contributed by atoms with Crippen LogP contribution >= 0.6 is 0 Å². The number of carbonyl (C=O) groups is 1. The highest BCUT2D eigenvalue weighted by atomic mass is 16.3. The number of rotatable bonds is 4. The Morgan fingerprint density at radius 3 is 2.35 bits per heavy atom. The van der Waals surface area contributed by atoms with E-state index in [1.807, 2.05) is 47.4 Å². The van der Waals surface area contributed by atoms with Crippen molar-refractivity contribution < 1.29 is 9.90 Å². The van der Waals surface area contributed by atoms with Crippen LogP contribution in [0.2, 0.25) is 0 Å². The van der Waals surface area contributed by atoms with Gasteiger partial charge in [0.15, 0.2) is 0 Å². The standard InChI is InChI=1S/C21H23N3O2/c1-16(25)15-23-10-12-24(13-11-23)21(26)20-9-5-4-8-19(20)18-7-3-2-6-17(18)14-22/h2-9,16,25H,10-13,15H2,1H3/t16-/m1/s1. The number of nitriles is 1. The molecule has 134 valence electrons. The van der Waals surface area contributed by atoms with Gasteiger partial charge in [-0.05, 0) is 24.6 Å². The monoisotopic (exact) mass is 349 g/mol. The van der Waals surface area contributed by atoms with Gasteiger partial charge >= 0.3 is 0 Å². The van der Waals surface area contributed by atoms with Crippen LogP contribution in [0, 0.1) is 11.3 Å². The number of hydrogen-bond donors (Lipinski definition) is 1. The largest absolute Gasteiger partial charge is 0.392 e. The average molecular weight is 349 g/mol. The number of β-amino-alcohol motifs (C(OH)–C–C–N with tert-alkyl or cyclic N) is 1. The fourth-order valence-electron chi connectivity index (χ4n) is 3.40. The van der Waals surface area contributed by atoms with Crippen molar-refractivity contribution in [3.63, 3.8) is 0 Å². The summed E-state index contributed by atoms with van der Waals surface area (Å²) >= 11 is 0. The number of piperazine rings is 1. The highest BCUT2D eigenvalue weighted by molar-refractivity contribution is 6.01. The molecule has 1 N–H and O–H groups in total. The maximum Gasteiger partial charge on any atom is 0.254 e. The van der Waals surface area contributed by atoms with Crippen LogP contribution in [-0.4, -0.2) is 59.6 Å². The van der Waals surface area contributed by atoms with E-state index in [-0.39, 0.29) is 12.0 Å². The van der Waals surface area contributed by atoms with Crippen molar-refractivity contribution in [2.75, 3.05) is 32.7 Å². The van der Waals surface area contributed by atoms with Gasteiger partial charge in [0.05, 0.1) is 17.7 Å². The summed E-state index contributed by atoms with van der Waals surface area (Å²) in [4.78, 5) is 17.1. The third kappa shape index (κ3) is 3.93. The highest BCUT2D eigenvalue weighted by Gasteiger charge is 2.24. The van der Waals surface area contributed by atoms with Crippen LogP contribution < -0.4 is 0 Å². The average Bonchev–Trinajstić information content (AvgIpc) is 2.67. The van der Waals surface area contributed by atoms with Crippen molar-refractivity contribution in [2.45, 2.75) is 13.0 Å². The van der Waals surface area contributed by atoms with Crippen LogP contribution in [0.1, 0.15) is 22.8 Å². The minimum atomic E-state index is -0.361. The first-order valence-corrected chi connectivity index (χ1v) is 8.88. The summed E-state index contributed by atoms with van der Waals surface area (Å²) in [5, 5.41) is 18.9. The van der Waals surface area contributed by atoms with E-state index in [9.17, 15) is 15.2 Å². The number of aliphatic hydroxyl groups is 1. The van der Waals surface area contributed by atoms with E-state index < -0.39 is 0 Å². The summed E-state index contributed by atoms with van der Waals surface area (Å²) in [5.41, 5.74) is 2.77. The molecule has 1 aliphatic rings. The molecule has 1 fully saturated rings. The molecule has 0 aromatic heterocycles. The molecule has 1 atom stereocenters. The van der Waals surface area contributed by atoms with Gasteiger partial charge in [0.1, 0.15) is 0 Å². The number of hydrogen-bond acceptors (Lipinski definition) is 4. The Kier molecular flexibility index (Phi) is 5.67. The van der Waals surface area contributed by atoms with E-state index in [2.05, 4.69) is 11.0 Å². The zero-order valence-corrected chi connectivity index (χ0v) is 14.9. The number of carbonyl (C=O) groups excluding carboxylic acids is 1. The molecule has 0 saturated carbocycles. The van der Waals surface area contributed by atoms with Crippen molar-refractivity contribution in [1.82, 2.24) is 9.80 Å². The van der Waals surface area contributed by atoms with Gasteiger partial charge in [-0.2, -0.15) is 5.26 Å². The molecule has 0 spiro atoms. The third-order valence-corrected chi connectivity index (χ3v) is 4.68. The number of amides is 1. The summed E-state index contributed by atoms with van der Waals surface area (Å²) in [6.07, 6.45) is -0.361. The van der Waals surface area contributed by atoms with Gasteiger partial charge in [0, 0.05) is 43.9 Å². The summed E-state index contributed by atoms with van der Waals surface area (Å²) in [7, 11) is 0. The fraction of sp³-hybridized carbons (Fsp3) is 0.333. The summed E-state index contributed by atoms with van der Waals surface area (Å²) in [5.74, 6) is -0.00922. The topological polar surface area (TPSA) is 67.6 Å². The molecule has 26 heavy (non-hydrogen) atoms. The van der Waals surface area contributed by atoms with Crippen LogP contribution in [0.5, 0.6) is 0 Å². The Balaban J connectivity index is 1.83. The molecule has 0 unspecified atom stereocenters. The summed E-state index contributed by atoms with van der Waals surface area (Å²) in [6, 6.07) is 17.0. The lowest BCUT2D eigenvalue weighted by Crippen LogP contribution is -2.50. The van der Waals surface area contributed by atoms with E-state index in [4.69, 9.17) is 0 Å². The quantitative estimate of drug-likeness (QED) is 0.920. The molecule has 0 bridgehead atoms. The second-order valence-corrected chi connectivity index (χ2v) is 6.64. The van der Waals surface area contributed by atoms with Gasteiger partial charge in [0.25, 0.3) is 5.91 Å². The molecule has 5 heteroatoms. The fourth-order valence-corrected chi connectivity index (χ4v) is 3.40. The Hall–Kier alpha value is -2.68. The van der Waals surface area contributed by atoms with Crippen LogP contribution in [0.3, 0.4) is 0 Å². The van der Waals surface area contributed by atoms with Crippen molar-refractivity contribution in [2.24, 2.45) is 0 Å². The Morgan fingerprint density at radius 1 is 1.08 bits per heavy atom. The maximum atomic E-state index is 13.1. The van der Waals surface area contributed by atoms with Gasteiger partial charge in [-0.15, -0.1) is 0 Å². The Bertz CT molecular complexity index is 818. The zero-order valence-electron chi connectivity index (χ0n) is 14.9. The lowest BCUT2D eigenvalue weighted by molar-refractivity contribution is 0.0555. The molecule has 3 rings (SSSR count). The molecule has 5 nitrogen and oxygen atoms in total. The smallest absolute Gasteiger partial charge is 0.254 e. The van der Waals surface area contributed by atoms with Gasteiger partial charge < -0.3 is 10.0 Å². The Labute approximate surface area is 154 Å². The lowest BCUT2D eigenvalue weighted by Gasteiger charge is -2.35. The van der Waals surface area contributed by atoms with Crippen LogP contribution in [0.25, 0.3) is 11.1 Å². The number of benzene rings is 2. The van der Waals surface area contributed by atoms with Crippen molar-refractivity contribution >= 4 is 5.91 Å². The normalized spacial score (nSPS) is 16.1. The van der Waals surface area contributed by atoms with E-state index in [0.29, 0.717) is 30.8 Å². The van der Waals surface area contributed by atoms with Gasteiger partial charge in [-0.25, -0.2) is 0 Å². The van der Waals surface area contributed by atoms with E-state index in [1.54, 1.807) is 13.0 Å². The van der Waals surface area contributed by atoms with Crippen LogP contribution in [0.15, 0.2) is 48.5 Å². The first kappa shape index (κ1) is 18.1. The van der Waals surface area contributed by atoms with Crippen molar-refractivity contribution in [1.29, 1.82) is 5.26 Å². The zero-order chi connectivity index (χ0) is 18.5. The lowest BCUT2D eigenvalue weighted by atomic mass is 9.95. The first-order chi connectivity index (χ1) is 12.6. The second-order valence-electron chi connectivity index (χ2n) is 6.64. The predicted octanol–water partition coefficient (Wildman–Crippen LogP) is 2.36. The van der Waals surface area contributed by atoms with Gasteiger partial charge in [0.2, 0.25) is 0 Å². The van der Waals surface area contributed by atoms with Crippen molar-refractivity contribution in [3.8, 4) is 17.2 Å². The molecule has 1 aliphatic heterocycles. The molecule has 0 aliphatic carbocycles. The minimum absolute atomic E-state index is 0.00922. The predicted molar refractivity (Wildman–Crippen MR) is 101 cm³/mol. The SMILES string of the molecule is C[C@@H](O)CN1CCN(C(=O)c2ccccc2-c2ccccc2C#N)CC1. The van der Waals surface area contributed by atoms with E-state index >= 15 is 0 Å². The third-order valence-electron chi connectivity index (χ3n) is 4.68. The summed E-state index contributed by atoms with van der Waals surface area (Å²) < 4.78 is 0. The molecular formula is C21H23N3O2. The van der Waals surface area contributed by atoms with Crippen molar-refractivity contribution in [3.05, 3.63) is 59.7 Å². The minimum Gasteiger partial charge on any atom is -0.392 e. The molecule has 1 saturated heterocycles. The molecule has 1 amide bonds. The van der Waals surface area contributed by atoms with E-state index in [1.165, 1.54) is 0 Å². The maximum absolute atomic E-state index is 13.1.